The van der Waals surface area contributed by atoms with Crippen molar-refractivity contribution in [3.05, 3.63) is 69.8 Å². The van der Waals surface area contributed by atoms with Crippen LogP contribution in [0.15, 0.2) is 47.6 Å². The molecule has 146 valence electrons. The number of hydrogen-bond donors (Lipinski definition) is 1. The summed E-state index contributed by atoms with van der Waals surface area (Å²) < 4.78 is 13.4. The third-order valence-electron chi connectivity index (χ3n) is 3.96. The van der Waals surface area contributed by atoms with Crippen LogP contribution in [0, 0.1) is 18.6 Å². The Morgan fingerprint density at radius 3 is 2.46 bits per heavy atom. The van der Waals surface area contributed by atoms with Crippen LogP contribution in [0.1, 0.15) is 35.9 Å². The largest absolute Gasteiger partial charge is 0.494 e. The summed E-state index contributed by atoms with van der Waals surface area (Å²) in [5.41, 5.74) is 3.24. The Balaban J connectivity index is 1.70. The molecule has 1 aromatic heterocycles. The molecule has 1 N–H and O–H groups in total. The van der Waals surface area contributed by atoms with Crippen LogP contribution in [0.3, 0.4) is 0 Å². The molecule has 0 aliphatic heterocycles. The third-order valence-corrected chi connectivity index (χ3v) is 4.22. The molecular weight excluding hydrogens is 372 g/mol. The van der Waals surface area contributed by atoms with Gasteiger partial charge in [-0.1, -0.05) is 13.0 Å². The number of ether oxygens (including phenoxy) is 2. The smallest absolute Gasteiger partial charge is 0.216 e. The van der Waals surface area contributed by atoms with Gasteiger partial charge in [-0.2, -0.15) is 14.9 Å². The first kappa shape index (κ1) is 19.8. The molecule has 28 heavy (non-hydrogen) atoms. The van der Waals surface area contributed by atoms with Crippen LogP contribution in [0.25, 0.3) is 0 Å². The molecular formula is C21H24N4O2S. The number of rotatable bonds is 8. The molecule has 0 spiro atoms. The van der Waals surface area contributed by atoms with Crippen molar-refractivity contribution in [2.75, 3.05) is 6.61 Å². The van der Waals surface area contributed by atoms with Gasteiger partial charge in [0.2, 0.25) is 4.77 Å². The third kappa shape index (κ3) is 5.29. The van der Waals surface area contributed by atoms with Crippen LogP contribution in [0.5, 0.6) is 11.5 Å². The van der Waals surface area contributed by atoms with Crippen molar-refractivity contribution in [1.29, 1.82) is 0 Å². The van der Waals surface area contributed by atoms with Gasteiger partial charge in [0.25, 0.3) is 0 Å². The fraction of sp³-hybridized carbons (Fsp3) is 0.286. The van der Waals surface area contributed by atoms with Crippen molar-refractivity contribution in [3.8, 4) is 11.5 Å². The highest BCUT2D eigenvalue weighted by Crippen LogP contribution is 2.17. The SMILES string of the molecule is CCCOc1ccc(/C=N\n2c(COc3cc(C)cc(C)c3)n[nH]c2=S)cc1. The van der Waals surface area contributed by atoms with E-state index in [-0.39, 0.29) is 6.61 Å². The Bertz CT molecular complexity index is 986. The average molecular weight is 397 g/mol. The number of H-pyrrole nitrogens is 1. The summed E-state index contributed by atoms with van der Waals surface area (Å²) in [5.74, 6) is 2.24. The Morgan fingerprint density at radius 2 is 1.79 bits per heavy atom. The predicted octanol–water partition coefficient (Wildman–Crippen LogP) is 4.81. The molecule has 0 aliphatic carbocycles. The van der Waals surface area contributed by atoms with Crippen molar-refractivity contribution in [1.82, 2.24) is 14.9 Å². The topological polar surface area (TPSA) is 64.4 Å². The zero-order valence-corrected chi connectivity index (χ0v) is 17.1. The molecule has 2 aromatic carbocycles. The summed E-state index contributed by atoms with van der Waals surface area (Å²) in [6.45, 7) is 7.13. The Labute approximate surface area is 169 Å². The summed E-state index contributed by atoms with van der Waals surface area (Å²) in [7, 11) is 0. The summed E-state index contributed by atoms with van der Waals surface area (Å²) >= 11 is 5.28. The van der Waals surface area contributed by atoms with Crippen molar-refractivity contribution < 1.29 is 9.47 Å². The molecule has 0 fully saturated rings. The number of nitrogens with zero attached hydrogens (tertiary/aromatic N) is 3. The van der Waals surface area contributed by atoms with Crippen LogP contribution in [0.4, 0.5) is 0 Å². The standard InChI is InChI=1S/C21H24N4O2S/c1-4-9-26-18-7-5-17(6-8-18)13-22-25-20(23-24-21(25)28)14-27-19-11-15(2)10-16(3)12-19/h5-8,10-13H,4,9,14H2,1-3H3,(H,24,28)/b22-13-. The summed E-state index contributed by atoms with van der Waals surface area (Å²) in [6.07, 6.45) is 2.71. The van der Waals surface area contributed by atoms with E-state index >= 15 is 0 Å². The first-order chi connectivity index (χ1) is 13.5. The molecule has 0 atom stereocenters. The molecule has 0 radical (unpaired) electrons. The molecule has 0 bridgehead atoms. The molecule has 0 unspecified atom stereocenters. The van der Waals surface area contributed by atoms with Crippen LogP contribution < -0.4 is 9.47 Å². The zero-order valence-electron chi connectivity index (χ0n) is 16.3. The molecule has 6 nitrogen and oxygen atoms in total. The van der Waals surface area contributed by atoms with Crippen LogP contribution in [-0.2, 0) is 6.61 Å². The van der Waals surface area contributed by atoms with Crippen LogP contribution in [-0.4, -0.2) is 27.7 Å². The number of aromatic amines is 1. The molecule has 0 aliphatic rings. The second kappa shape index (κ2) is 9.32. The zero-order chi connectivity index (χ0) is 19.9. The van der Waals surface area contributed by atoms with E-state index in [0.29, 0.717) is 17.2 Å². The van der Waals surface area contributed by atoms with E-state index in [4.69, 9.17) is 21.7 Å². The summed E-state index contributed by atoms with van der Waals surface area (Å²) in [4.78, 5) is 0. The number of hydrogen-bond acceptors (Lipinski definition) is 5. The van der Waals surface area contributed by atoms with Gasteiger partial charge in [-0.05, 0) is 85.6 Å². The van der Waals surface area contributed by atoms with Crippen molar-refractivity contribution in [2.24, 2.45) is 5.10 Å². The number of aryl methyl sites for hydroxylation is 2. The van der Waals surface area contributed by atoms with Gasteiger partial charge in [-0.3, -0.25) is 0 Å². The highest BCUT2D eigenvalue weighted by molar-refractivity contribution is 7.71. The molecule has 0 amide bonds. The highest BCUT2D eigenvalue weighted by Gasteiger charge is 2.07. The van der Waals surface area contributed by atoms with Crippen LogP contribution >= 0.6 is 12.2 Å². The fourth-order valence-electron chi connectivity index (χ4n) is 2.70. The van der Waals surface area contributed by atoms with E-state index in [1.54, 1.807) is 10.9 Å². The van der Waals surface area contributed by atoms with Crippen LogP contribution in [0.2, 0.25) is 0 Å². The fourth-order valence-corrected chi connectivity index (χ4v) is 2.89. The lowest BCUT2D eigenvalue weighted by atomic mass is 10.1. The van der Waals surface area contributed by atoms with E-state index < -0.39 is 0 Å². The van der Waals surface area contributed by atoms with E-state index in [0.717, 1.165) is 34.6 Å². The quantitative estimate of drug-likeness (QED) is 0.438. The van der Waals surface area contributed by atoms with Crippen molar-refractivity contribution in [3.63, 3.8) is 0 Å². The first-order valence-corrected chi connectivity index (χ1v) is 9.60. The molecule has 1 heterocycles. The normalized spacial score (nSPS) is 11.1. The monoisotopic (exact) mass is 396 g/mol. The maximum Gasteiger partial charge on any atom is 0.216 e. The van der Waals surface area contributed by atoms with E-state index in [2.05, 4.69) is 28.3 Å². The lowest BCUT2D eigenvalue weighted by Crippen LogP contribution is -2.04. The van der Waals surface area contributed by atoms with Gasteiger partial charge in [0.05, 0.1) is 12.8 Å². The Kier molecular flexibility index (Phi) is 6.60. The van der Waals surface area contributed by atoms with Gasteiger partial charge in [0, 0.05) is 0 Å². The van der Waals surface area contributed by atoms with Gasteiger partial charge in [-0.25, -0.2) is 5.10 Å². The molecule has 0 saturated heterocycles. The molecule has 3 aromatic rings. The first-order valence-electron chi connectivity index (χ1n) is 9.20. The number of aromatic nitrogens is 3. The van der Waals surface area contributed by atoms with Crippen molar-refractivity contribution >= 4 is 18.4 Å². The Hall–Kier alpha value is -2.93. The summed E-state index contributed by atoms with van der Waals surface area (Å²) in [5, 5.41) is 11.4. The van der Waals surface area contributed by atoms with E-state index in [1.165, 1.54) is 0 Å². The second-order valence-corrected chi connectivity index (χ2v) is 6.92. The van der Waals surface area contributed by atoms with E-state index in [9.17, 15) is 0 Å². The molecule has 7 heteroatoms. The van der Waals surface area contributed by atoms with Crippen molar-refractivity contribution in [2.45, 2.75) is 33.8 Å². The minimum Gasteiger partial charge on any atom is -0.494 e. The number of benzene rings is 2. The maximum atomic E-state index is 5.87. The second-order valence-electron chi connectivity index (χ2n) is 6.53. The molecule has 3 rings (SSSR count). The highest BCUT2D eigenvalue weighted by atomic mass is 32.1. The van der Waals surface area contributed by atoms with Gasteiger partial charge in [0.15, 0.2) is 5.82 Å². The summed E-state index contributed by atoms with van der Waals surface area (Å²) in [6, 6.07) is 13.8. The lowest BCUT2D eigenvalue weighted by Gasteiger charge is -2.07. The Morgan fingerprint density at radius 1 is 1.07 bits per heavy atom. The molecule has 0 saturated carbocycles. The minimum absolute atomic E-state index is 0.261. The predicted molar refractivity (Wildman–Crippen MR) is 113 cm³/mol. The van der Waals surface area contributed by atoms with E-state index in [1.807, 2.05) is 50.2 Å². The number of nitrogens with one attached hydrogen (secondary N) is 1. The average Bonchev–Trinajstić information content (AvgIpc) is 3.03. The van der Waals surface area contributed by atoms with Gasteiger partial charge in [0.1, 0.15) is 18.1 Å². The maximum absolute atomic E-state index is 5.87. The van der Waals surface area contributed by atoms with Gasteiger partial charge >= 0.3 is 0 Å². The minimum atomic E-state index is 0.261. The lowest BCUT2D eigenvalue weighted by molar-refractivity contribution is 0.290. The van der Waals surface area contributed by atoms with Gasteiger partial charge in [-0.15, -0.1) is 0 Å². The van der Waals surface area contributed by atoms with Gasteiger partial charge < -0.3 is 9.47 Å².